The molecule has 2 saturated heterocycles. The molecule has 0 spiro atoms. The molecule has 3 nitrogen and oxygen atoms in total. The Labute approximate surface area is 108 Å². The first-order valence-corrected chi connectivity index (χ1v) is 7.96. The highest BCUT2D eigenvalue weighted by Gasteiger charge is 2.44. The third-order valence-corrected chi connectivity index (χ3v) is 6.12. The first kappa shape index (κ1) is 12.3. The number of aliphatic hydroxyl groups is 2. The molecule has 0 aromatic carbocycles. The molecule has 1 saturated carbocycles. The molecule has 0 aromatic rings. The SMILES string of the molecule is OC1CSC2CN(CC3(O)CCCCC3)CC12. The van der Waals surface area contributed by atoms with Crippen LogP contribution in [0.25, 0.3) is 0 Å². The molecule has 17 heavy (non-hydrogen) atoms. The first-order valence-electron chi connectivity index (χ1n) is 6.91. The number of nitrogens with zero attached hydrogens (tertiary/aromatic N) is 1. The number of hydrogen-bond donors (Lipinski definition) is 2. The van der Waals surface area contributed by atoms with E-state index >= 15 is 0 Å². The van der Waals surface area contributed by atoms with Crippen LogP contribution in [-0.2, 0) is 0 Å². The standard InChI is InChI=1S/C13H23NO2S/c15-11-8-17-12-7-14(6-10(11)12)9-13(16)4-2-1-3-5-13/h10-12,15-16H,1-9H2. The topological polar surface area (TPSA) is 43.7 Å². The van der Waals surface area contributed by atoms with Crippen LogP contribution in [0.3, 0.4) is 0 Å². The maximum atomic E-state index is 10.5. The molecule has 2 N–H and O–H groups in total. The van der Waals surface area contributed by atoms with Crippen molar-refractivity contribution >= 4 is 11.8 Å². The van der Waals surface area contributed by atoms with Gasteiger partial charge in [0, 0.05) is 36.6 Å². The van der Waals surface area contributed by atoms with Crippen molar-refractivity contribution in [2.45, 2.75) is 49.1 Å². The number of fused-ring (bicyclic) bond motifs is 1. The van der Waals surface area contributed by atoms with Gasteiger partial charge in [0.15, 0.2) is 0 Å². The van der Waals surface area contributed by atoms with E-state index in [9.17, 15) is 10.2 Å². The van der Waals surface area contributed by atoms with Gasteiger partial charge in [-0.1, -0.05) is 19.3 Å². The molecule has 0 radical (unpaired) electrons. The fourth-order valence-corrected chi connectivity index (χ4v) is 5.21. The lowest BCUT2D eigenvalue weighted by Crippen LogP contribution is -2.44. The third kappa shape index (κ3) is 2.50. The molecule has 4 heteroatoms. The fourth-order valence-electron chi connectivity index (χ4n) is 3.68. The van der Waals surface area contributed by atoms with Gasteiger partial charge in [0.1, 0.15) is 0 Å². The molecule has 0 bridgehead atoms. The number of hydrogen-bond acceptors (Lipinski definition) is 4. The Morgan fingerprint density at radius 1 is 1.18 bits per heavy atom. The van der Waals surface area contributed by atoms with Gasteiger partial charge in [-0.25, -0.2) is 0 Å². The molecular weight excluding hydrogens is 234 g/mol. The van der Waals surface area contributed by atoms with E-state index in [0.717, 1.165) is 38.2 Å². The maximum Gasteiger partial charge on any atom is 0.0774 e. The van der Waals surface area contributed by atoms with Crippen LogP contribution in [0, 0.1) is 5.92 Å². The molecule has 2 aliphatic heterocycles. The van der Waals surface area contributed by atoms with Gasteiger partial charge in [0.2, 0.25) is 0 Å². The highest BCUT2D eigenvalue weighted by atomic mass is 32.2. The highest BCUT2D eigenvalue weighted by molar-refractivity contribution is 8.00. The summed E-state index contributed by atoms with van der Waals surface area (Å²) in [6.07, 6.45) is 5.45. The minimum atomic E-state index is -0.438. The van der Waals surface area contributed by atoms with Crippen molar-refractivity contribution in [2.75, 3.05) is 25.4 Å². The Balaban J connectivity index is 1.56. The summed E-state index contributed by atoms with van der Waals surface area (Å²) < 4.78 is 0. The predicted octanol–water partition coefficient (Wildman–Crippen LogP) is 1.09. The molecule has 3 aliphatic rings. The minimum absolute atomic E-state index is 0.115. The molecule has 1 aliphatic carbocycles. The average molecular weight is 257 g/mol. The number of thioether (sulfide) groups is 1. The second-order valence-corrected chi connectivity index (χ2v) is 7.35. The Hall–Kier alpha value is 0.230. The monoisotopic (exact) mass is 257 g/mol. The van der Waals surface area contributed by atoms with Crippen molar-refractivity contribution < 1.29 is 10.2 Å². The highest BCUT2D eigenvalue weighted by Crippen LogP contribution is 2.39. The molecule has 3 unspecified atom stereocenters. The molecule has 3 fully saturated rings. The normalized spacial score (nSPS) is 41.6. The predicted molar refractivity (Wildman–Crippen MR) is 70.2 cm³/mol. The lowest BCUT2D eigenvalue weighted by Gasteiger charge is -2.35. The number of likely N-dealkylation sites (tertiary alicyclic amines) is 1. The van der Waals surface area contributed by atoms with Crippen LogP contribution in [-0.4, -0.2) is 57.5 Å². The third-order valence-electron chi connectivity index (χ3n) is 4.66. The quantitative estimate of drug-likeness (QED) is 0.777. The molecule has 98 valence electrons. The molecular formula is C13H23NO2S. The van der Waals surface area contributed by atoms with Crippen LogP contribution < -0.4 is 0 Å². The summed E-state index contributed by atoms with van der Waals surface area (Å²) >= 11 is 1.91. The zero-order valence-electron chi connectivity index (χ0n) is 10.3. The van der Waals surface area contributed by atoms with Crippen molar-refractivity contribution in [3.05, 3.63) is 0 Å². The minimum Gasteiger partial charge on any atom is -0.392 e. The van der Waals surface area contributed by atoms with Gasteiger partial charge in [-0.3, -0.25) is 4.90 Å². The molecule has 3 atom stereocenters. The lowest BCUT2D eigenvalue weighted by atomic mass is 9.84. The van der Waals surface area contributed by atoms with E-state index in [1.807, 2.05) is 11.8 Å². The van der Waals surface area contributed by atoms with Gasteiger partial charge < -0.3 is 10.2 Å². The van der Waals surface area contributed by atoms with Gasteiger partial charge in [-0.05, 0) is 12.8 Å². The van der Waals surface area contributed by atoms with E-state index in [1.54, 1.807) is 0 Å². The summed E-state index contributed by atoms with van der Waals surface area (Å²) in [6, 6.07) is 0. The Morgan fingerprint density at radius 3 is 2.65 bits per heavy atom. The van der Waals surface area contributed by atoms with Crippen molar-refractivity contribution in [2.24, 2.45) is 5.92 Å². The molecule has 0 amide bonds. The molecule has 0 aromatic heterocycles. The maximum absolute atomic E-state index is 10.5. The second kappa shape index (κ2) is 4.72. The summed E-state index contributed by atoms with van der Waals surface area (Å²) in [5.74, 6) is 1.36. The van der Waals surface area contributed by atoms with Crippen molar-refractivity contribution in [3.8, 4) is 0 Å². The van der Waals surface area contributed by atoms with Crippen molar-refractivity contribution in [1.82, 2.24) is 4.90 Å². The van der Waals surface area contributed by atoms with Crippen molar-refractivity contribution in [3.63, 3.8) is 0 Å². The van der Waals surface area contributed by atoms with Crippen LogP contribution in [0.4, 0.5) is 0 Å². The zero-order valence-corrected chi connectivity index (χ0v) is 11.2. The number of aliphatic hydroxyl groups excluding tert-OH is 1. The van der Waals surface area contributed by atoms with Crippen LogP contribution >= 0.6 is 11.8 Å². The summed E-state index contributed by atoms with van der Waals surface area (Å²) in [5, 5.41) is 21.0. The van der Waals surface area contributed by atoms with Gasteiger partial charge in [0.05, 0.1) is 11.7 Å². The van der Waals surface area contributed by atoms with E-state index in [-0.39, 0.29) is 6.10 Å². The fraction of sp³-hybridized carbons (Fsp3) is 1.00. The summed E-state index contributed by atoms with van der Waals surface area (Å²) in [5.41, 5.74) is -0.438. The van der Waals surface area contributed by atoms with Crippen LogP contribution in [0.2, 0.25) is 0 Å². The van der Waals surface area contributed by atoms with Gasteiger partial charge >= 0.3 is 0 Å². The van der Waals surface area contributed by atoms with Gasteiger partial charge in [-0.15, -0.1) is 0 Å². The van der Waals surface area contributed by atoms with E-state index in [1.165, 1.54) is 19.3 Å². The van der Waals surface area contributed by atoms with Crippen LogP contribution in [0.15, 0.2) is 0 Å². The molecule has 2 heterocycles. The van der Waals surface area contributed by atoms with Gasteiger partial charge in [-0.2, -0.15) is 11.8 Å². The van der Waals surface area contributed by atoms with Crippen molar-refractivity contribution in [1.29, 1.82) is 0 Å². The van der Waals surface area contributed by atoms with Crippen LogP contribution in [0.5, 0.6) is 0 Å². The summed E-state index contributed by atoms with van der Waals surface area (Å²) in [7, 11) is 0. The Kier molecular flexibility index (Phi) is 3.41. The van der Waals surface area contributed by atoms with E-state index < -0.39 is 5.60 Å². The Bertz CT molecular complexity index is 281. The number of β-amino-alcohol motifs (C(OH)–C–C–N with tert-alkyl or cyclic N) is 1. The van der Waals surface area contributed by atoms with E-state index in [4.69, 9.17) is 0 Å². The summed E-state index contributed by atoms with van der Waals surface area (Å²) in [6.45, 7) is 2.88. The first-order chi connectivity index (χ1) is 8.16. The van der Waals surface area contributed by atoms with E-state index in [0.29, 0.717) is 11.2 Å². The smallest absolute Gasteiger partial charge is 0.0774 e. The lowest BCUT2D eigenvalue weighted by molar-refractivity contribution is -0.0232. The van der Waals surface area contributed by atoms with Crippen LogP contribution in [0.1, 0.15) is 32.1 Å². The second-order valence-electron chi connectivity index (χ2n) is 6.08. The number of rotatable bonds is 2. The largest absolute Gasteiger partial charge is 0.392 e. The average Bonchev–Trinajstić information content (AvgIpc) is 2.82. The van der Waals surface area contributed by atoms with Gasteiger partial charge in [0.25, 0.3) is 0 Å². The Morgan fingerprint density at radius 2 is 1.94 bits per heavy atom. The summed E-state index contributed by atoms with van der Waals surface area (Å²) in [4.78, 5) is 2.38. The zero-order chi connectivity index (χ0) is 11.9. The van der Waals surface area contributed by atoms with E-state index in [2.05, 4.69) is 4.90 Å². The molecule has 3 rings (SSSR count).